The smallest absolute Gasteiger partial charge is 0.122 e. The molecule has 0 radical (unpaired) electrons. The summed E-state index contributed by atoms with van der Waals surface area (Å²) in [4.78, 5) is 4.34. The van der Waals surface area contributed by atoms with Gasteiger partial charge in [-0.3, -0.25) is 4.98 Å². The van der Waals surface area contributed by atoms with Gasteiger partial charge in [-0.2, -0.15) is 0 Å². The number of para-hydroxylation sites is 1. The van der Waals surface area contributed by atoms with E-state index in [1.54, 1.807) is 12.3 Å². The van der Waals surface area contributed by atoms with Gasteiger partial charge in [0.15, 0.2) is 0 Å². The predicted octanol–water partition coefficient (Wildman–Crippen LogP) is 4.87. The number of halogens is 1. The van der Waals surface area contributed by atoms with Crippen LogP contribution < -0.4 is 0 Å². The molecule has 1 aromatic heterocycles. The van der Waals surface area contributed by atoms with Gasteiger partial charge in [-0.05, 0) is 35.9 Å². The Balaban J connectivity index is 2.05. The number of rotatable bonds is 2. The molecule has 0 saturated carbocycles. The van der Waals surface area contributed by atoms with E-state index in [1.165, 1.54) is 0 Å². The molecular weight excluding hydrogens is 314 g/mol. The Morgan fingerprint density at radius 1 is 0.950 bits per heavy atom. The molecule has 1 heterocycles. The molecule has 98 valence electrons. The highest BCUT2D eigenvalue weighted by Crippen LogP contribution is 2.25. The van der Waals surface area contributed by atoms with E-state index >= 15 is 0 Å². The lowest BCUT2D eigenvalue weighted by Crippen LogP contribution is -1.82. The first-order chi connectivity index (χ1) is 9.74. The lowest BCUT2D eigenvalue weighted by atomic mass is 10.1. The topological polar surface area (TPSA) is 33.1 Å². The zero-order chi connectivity index (χ0) is 13.9. The summed E-state index contributed by atoms with van der Waals surface area (Å²) in [6, 6.07) is 15.3. The summed E-state index contributed by atoms with van der Waals surface area (Å²) >= 11 is 3.41. The Kier molecular flexibility index (Phi) is 3.52. The van der Waals surface area contributed by atoms with Gasteiger partial charge in [0.2, 0.25) is 0 Å². The number of hydrogen-bond donors (Lipinski definition) is 1. The zero-order valence-electron chi connectivity index (χ0n) is 10.6. The van der Waals surface area contributed by atoms with Crippen molar-refractivity contribution in [1.82, 2.24) is 4.98 Å². The van der Waals surface area contributed by atoms with Crippen LogP contribution in [-0.4, -0.2) is 10.1 Å². The van der Waals surface area contributed by atoms with Crippen LogP contribution in [0.3, 0.4) is 0 Å². The van der Waals surface area contributed by atoms with Gasteiger partial charge in [-0.25, -0.2) is 0 Å². The lowest BCUT2D eigenvalue weighted by Gasteiger charge is -2.02. The number of benzene rings is 2. The first kappa shape index (κ1) is 12.9. The summed E-state index contributed by atoms with van der Waals surface area (Å²) in [5, 5.41) is 10.9. The fourth-order valence-corrected chi connectivity index (χ4v) is 2.48. The van der Waals surface area contributed by atoms with E-state index in [4.69, 9.17) is 0 Å². The number of phenols is 1. The highest BCUT2D eigenvalue weighted by Gasteiger charge is 2.00. The molecule has 0 aliphatic heterocycles. The van der Waals surface area contributed by atoms with E-state index in [-0.39, 0.29) is 5.75 Å². The van der Waals surface area contributed by atoms with Gasteiger partial charge in [0, 0.05) is 21.6 Å². The minimum atomic E-state index is 0.266. The molecule has 2 aromatic carbocycles. The molecule has 0 bridgehead atoms. The van der Waals surface area contributed by atoms with E-state index in [0.717, 1.165) is 26.5 Å². The summed E-state index contributed by atoms with van der Waals surface area (Å²) in [6.45, 7) is 0. The van der Waals surface area contributed by atoms with Crippen molar-refractivity contribution in [3.8, 4) is 5.75 Å². The molecular formula is C17H12BrNO. The Morgan fingerprint density at radius 3 is 2.65 bits per heavy atom. The number of fused-ring (bicyclic) bond motifs is 1. The molecule has 0 spiro atoms. The van der Waals surface area contributed by atoms with Crippen molar-refractivity contribution in [2.24, 2.45) is 0 Å². The highest BCUT2D eigenvalue weighted by molar-refractivity contribution is 9.10. The summed E-state index contributed by atoms with van der Waals surface area (Å²) in [5.41, 5.74) is 2.82. The molecule has 2 nitrogen and oxygen atoms in total. The second-order valence-electron chi connectivity index (χ2n) is 4.45. The number of aromatic nitrogens is 1. The molecule has 3 rings (SSSR count). The maximum atomic E-state index is 9.84. The zero-order valence-corrected chi connectivity index (χ0v) is 12.2. The minimum absolute atomic E-state index is 0.266. The van der Waals surface area contributed by atoms with Crippen molar-refractivity contribution < 1.29 is 5.11 Å². The lowest BCUT2D eigenvalue weighted by molar-refractivity contribution is 0.474. The second kappa shape index (κ2) is 5.47. The molecule has 0 amide bonds. The Bertz CT molecular complexity index is 791. The van der Waals surface area contributed by atoms with E-state index in [1.807, 2.05) is 54.6 Å². The van der Waals surface area contributed by atoms with Crippen molar-refractivity contribution in [1.29, 1.82) is 0 Å². The molecule has 3 heteroatoms. The van der Waals surface area contributed by atoms with Gasteiger partial charge in [0.25, 0.3) is 0 Å². The Morgan fingerprint density at radius 2 is 1.75 bits per heavy atom. The third-order valence-corrected chi connectivity index (χ3v) is 3.61. The SMILES string of the molecule is Oc1ccc(Br)cc1C=Cc1ccnc2ccccc12. The van der Waals surface area contributed by atoms with Crippen molar-refractivity contribution in [3.05, 3.63) is 70.3 Å². The molecule has 0 aliphatic carbocycles. The van der Waals surface area contributed by atoms with Crippen molar-refractivity contribution >= 4 is 39.0 Å². The number of phenolic OH excluding ortho intramolecular Hbond substituents is 1. The van der Waals surface area contributed by atoms with Gasteiger partial charge in [-0.1, -0.05) is 46.3 Å². The van der Waals surface area contributed by atoms with Crippen LogP contribution in [0.15, 0.2) is 59.2 Å². The second-order valence-corrected chi connectivity index (χ2v) is 5.37. The normalized spacial score (nSPS) is 11.2. The van der Waals surface area contributed by atoms with Gasteiger partial charge >= 0.3 is 0 Å². The van der Waals surface area contributed by atoms with Gasteiger partial charge in [-0.15, -0.1) is 0 Å². The summed E-state index contributed by atoms with van der Waals surface area (Å²) < 4.78 is 0.939. The highest BCUT2D eigenvalue weighted by atomic mass is 79.9. The Hall–Kier alpha value is -2.13. The van der Waals surface area contributed by atoms with E-state index < -0.39 is 0 Å². The first-order valence-electron chi connectivity index (χ1n) is 6.24. The Labute approximate surface area is 125 Å². The van der Waals surface area contributed by atoms with Gasteiger partial charge < -0.3 is 5.11 Å². The number of aromatic hydroxyl groups is 1. The fourth-order valence-electron chi connectivity index (χ4n) is 2.10. The molecule has 0 fully saturated rings. The quantitative estimate of drug-likeness (QED) is 0.728. The van der Waals surface area contributed by atoms with Crippen LogP contribution in [0.2, 0.25) is 0 Å². The van der Waals surface area contributed by atoms with E-state index in [2.05, 4.69) is 20.9 Å². The largest absolute Gasteiger partial charge is 0.507 e. The van der Waals surface area contributed by atoms with Crippen LogP contribution in [0, 0.1) is 0 Å². The van der Waals surface area contributed by atoms with E-state index in [0.29, 0.717) is 0 Å². The summed E-state index contributed by atoms with van der Waals surface area (Å²) in [7, 11) is 0. The summed E-state index contributed by atoms with van der Waals surface area (Å²) in [6.07, 6.45) is 5.69. The third kappa shape index (κ3) is 2.58. The molecule has 0 saturated heterocycles. The molecule has 0 unspecified atom stereocenters. The fraction of sp³-hybridized carbons (Fsp3) is 0. The van der Waals surface area contributed by atoms with Crippen LogP contribution in [0.1, 0.15) is 11.1 Å². The van der Waals surface area contributed by atoms with Crippen LogP contribution in [0.5, 0.6) is 5.75 Å². The van der Waals surface area contributed by atoms with Crippen LogP contribution in [-0.2, 0) is 0 Å². The molecule has 3 aromatic rings. The molecule has 0 atom stereocenters. The van der Waals surface area contributed by atoms with Gasteiger partial charge in [0.1, 0.15) is 5.75 Å². The van der Waals surface area contributed by atoms with Crippen LogP contribution in [0.25, 0.3) is 23.1 Å². The standard InChI is InChI=1S/C17H12BrNO/c18-14-7-8-17(20)13(11-14)6-5-12-9-10-19-16-4-2-1-3-15(12)16/h1-11,20H. The van der Waals surface area contributed by atoms with E-state index in [9.17, 15) is 5.11 Å². The minimum Gasteiger partial charge on any atom is -0.507 e. The number of pyridine rings is 1. The van der Waals surface area contributed by atoms with Crippen molar-refractivity contribution in [3.63, 3.8) is 0 Å². The van der Waals surface area contributed by atoms with Gasteiger partial charge in [0.05, 0.1) is 5.52 Å². The average molecular weight is 326 g/mol. The van der Waals surface area contributed by atoms with Crippen LogP contribution >= 0.6 is 15.9 Å². The average Bonchev–Trinajstić information content (AvgIpc) is 2.48. The summed E-state index contributed by atoms with van der Waals surface area (Å²) in [5.74, 6) is 0.266. The molecule has 20 heavy (non-hydrogen) atoms. The van der Waals surface area contributed by atoms with Crippen molar-refractivity contribution in [2.75, 3.05) is 0 Å². The number of hydrogen-bond acceptors (Lipinski definition) is 2. The molecule has 0 aliphatic rings. The number of nitrogens with zero attached hydrogens (tertiary/aromatic N) is 1. The van der Waals surface area contributed by atoms with Crippen molar-refractivity contribution in [2.45, 2.75) is 0 Å². The maximum absolute atomic E-state index is 9.84. The first-order valence-corrected chi connectivity index (χ1v) is 7.04. The third-order valence-electron chi connectivity index (χ3n) is 3.11. The molecule has 1 N–H and O–H groups in total. The maximum Gasteiger partial charge on any atom is 0.122 e. The monoisotopic (exact) mass is 325 g/mol. The van der Waals surface area contributed by atoms with Crippen LogP contribution in [0.4, 0.5) is 0 Å². The predicted molar refractivity (Wildman–Crippen MR) is 86.5 cm³/mol.